The third kappa shape index (κ3) is 3.88. The number of carbonyl (C=O) groups is 1. The summed E-state index contributed by atoms with van der Waals surface area (Å²) in [5.74, 6) is -1.29. The summed E-state index contributed by atoms with van der Waals surface area (Å²) in [6.07, 6.45) is -3.67. The van der Waals surface area contributed by atoms with E-state index in [2.05, 4.69) is 36.2 Å². The van der Waals surface area contributed by atoms with Gasteiger partial charge in [0.15, 0.2) is 5.75 Å². The number of hydrogen-bond acceptors (Lipinski definition) is 4. The molecular weight excluding hydrogens is 357 g/mol. The van der Waals surface area contributed by atoms with Gasteiger partial charge in [0.2, 0.25) is 0 Å². The van der Waals surface area contributed by atoms with Gasteiger partial charge >= 0.3 is 6.36 Å². The quantitative estimate of drug-likeness (QED) is 0.780. The molecule has 0 saturated carbocycles. The number of benzene rings is 1. The predicted octanol–water partition coefficient (Wildman–Crippen LogP) is 2.91. The summed E-state index contributed by atoms with van der Waals surface area (Å²) in [5.41, 5.74) is 5.34. The Morgan fingerprint density at radius 2 is 2.14 bits per heavy atom. The molecule has 6 nitrogen and oxygen atoms in total. The van der Waals surface area contributed by atoms with Gasteiger partial charge in [-0.15, -0.1) is 13.2 Å². The van der Waals surface area contributed by atoms with Crippen molar-refractivity contribution in [1.29, 1.82) is 0 Å². The van der Waals surface area contributed by atoms with E-state index in [1.807, 2.05) is 0 Å². The third-order valence-electron chi connectivity index (χ3n) is 2.31. The minimum Gasteiger partial charge on any atom is -0.404 e. The van der Waals surface area contributed by atoms with E-state index < -0.39 is 18.0 Å². The molecule has 0 aliphatic carbocycles. The first-order valence-electron chi connectivity index (χ1n) is 5.42. The normalized spacial score (nSPS) is 11.2. The second-order valence-corrected chi connectivity index (χ2v) is 4.76. The minimum atomic E-state index is -4.88. The van der Waals surface area contributed by atoms with E-state index in [0.717, 1.165) is 6.07 Å². The highest BCUT2D eigenvalue weighted by Crippen LogP contribution is 2.33. The molecule has 1 aromatic carbocycles. The molecule has 0 spiro atoms. The fraction of sp³-hybridized carbons (Fsp3) is 0.0909. The summed E-state index contributed by atoms with van der Waals surface area (Å²) in [7, 11) is 0. The first-order chi connectivity index (χ1) is 9.76. The minimum absolute atomic E-state index is 0.0594. The molecule has 10 heteroatoms. The zero-order valence-corrected chi connectivity index (χ0v) is 11.7. The van der Waals surface area contributed by atoms with Crippen molar-refractivity contribution in [2.24, 2.45) is 0 Å². The summed E-state index contributed by atoms with van der Waals surface area (Å²) in [6.45, 7) is 0. The van der Waals surface area contributed by atoms with Crippen LogP contribution in [-0.4, -0.2) is 22.5 Å². The number of hydrogen-bond donors (Lipinski definition) is 3. The summed E-state index contributed by atoms with van der Waals surface area (Å²) in [4.78, 5) is 11.9. The van der Waals surface area contributed by atoms with Crippen LogP contribution in [0.2, 0.25) is 0 Å². The van der Waals surface area contributed by atoms with Gasteiger partial charge in [-0.25, -0.2) is 0 Å². The van der Waals surface area contributed by atoms with Gasteiger partial charge in [-0.05, 0) is 18.2 Å². The number of H-pyrrole nitrogens is 1. The number of nitrogen functional groups attached to an aromatic ring is 1. The molecule has 0 bridgehead atoms. The monoisotopic (exact) mass is 364 g/mol. The Kier molecular flexibility index (Phi) is 4.07. The van der Waals surface area contributed by atoms with Crippen LogP contribution in [0.15, 0.2) is 28.9 Å². The van der Waals surface area contributed by atoms with Gasteiger partial charge in [0.1, 0.15) is 5.69 Å². The molecule has 2 rings (SSSR count). The Morgan fingerprint density at radius 1 is 1.43 bits per heavy atom. The summed E-state index contributed by atoms with van der Waals surface area (Å²) < 4.78 is 41.2. The maximum atomic E-state index is 12.3. The third-order valence-corrected chi connectivity index (χ3v) is 2.81. The van der Waals surface area contributed by atoms with Gasteiger partial charge in [0.05, 0.1) is 17.6 Å². The molecule has 0 aliphatic rings. The molecule has 21 heavy (non-hydrogen) atoms. The Balaban J connectivity index is 2.27. The number of carbonyl (C=O) groups excluding carboxylic acids is 1. The van der Waals surface area contributed by atoms with E-state index in [9.17, 15) is 18.0 Å². The summed E-state index contributed by atoms with van der Waals surface area (Å²) in [5, 5.41) is 8.16. The fourth-order valence-corrected chi connectivity index (χ4v) is 1.81. The molecule has 4 N–H and O–H groups in total. The van der Waals surface area contributed by atoms with Crippen molar-refractivity contribution in [3.63, 3.8) is 0 Å². The van der Waals surface area contributed by atoms with Crippen LogP contribution in [0.25, 0.3) is 0 Å². The molecule has 112 valence electrons. The smallest absolute Gasteiger partial charge is 0.404 e. The number of rotatable bonds is 3. The van der Waals surface area contributed by atoms with Crippen LogP contribution in [0.4, 0.5) is 24.5 Å². The largest absolute Gasteiger partial charge is 0.573 e. The van der Waals surface area contributed by atoms with Crippen molar-refractivity contribution in [3.05, 3.63) is 34.6 Å². The van der Waals surface area contributed by atoms with Crippen LogP contribution >= 0.6 is 15.9 Å². The molecular formula is C11H8BrF3N4O2. The van der Waals surface area contributed by atoms with Crippen molar-refractivity contribution < 1.29 is 22.7 Å². The number of amides is 1. The van der Waals surface area contributed by atoms with E-state index in [-0.39, 0.29) is 17.1 Å². The lowest BCUT2D eigenvalue weighted by Gasteiger charge is -2.14. The number of aromatic amines is 1. The van der Waals surface area contributed by atoms with E-state index in [1.54, 1.807) is 0 Å². The zero-order chi connectivity index (χ0) is 15.6. The Morgan fingerprint density at radius 3 is 2.71 bits per heavy atom. The van der Waals surface area contributed by atoms with E-state index in [1.165, 1.54) is 18.3 Å². The molecule has 1 heterocycles. The molecule has 0 aliphatic heterocycles. The number of ether oxygens (including phenoxy) is 1. The Bertz CT molecular complexity index is 672. The standard InChI is InChI=1S/C11H8BrF3N4O2/c12-5-1-2-7(8(3-5)21-11(13,14)15)18-10(20)9-6(16)4-17-19-9/h1-4H,16H2,(H,17,19)(H,18,20). The molecule has 1 amide bonds. The topological polar surface area (TPSA) is 93.0 Å². The average molecular weight is 365 g/mol. The summed E-state index contributed by atoms with van der Waals surface area (Å²) in [6, 6.07) is 3.80. The van der Waals surface area contributed by atoms with Gasteiger partial charge in [-0.1, -0.05) is 15.9 Å². The lowest BCUT2D eigenvalue weighted by molar-refractivity contribution is -0.274. The molecule has 1 aromatic heterocycles. The second kappa shape index (κ2) is 5.64. The summed E-state index contributed by atoms with van der Waals surface area (Å²) >= 11 is 3.02. The predicted molar refractivity (Wildman–Crippen MR) is 71.8 cm³/mol. The first kappa shape index (κ1) is 15.2. The lowest BCUT2D eigenvalue weighted by Crippen LogP contribution is -2.20. The molecule has 0 unspecified atom stereocenters. The van der Waals surface area contributed by atoms with Gasteiger partial charge in [-0.3, -0.25) is 9.89 Å². The zero-order valence-electron chi connectivity index (χ0n) is 10.2. The first-order valence-corrected chi connectivity index (χ1v) is 6.21. The van der Waals surface area contributed by atoms with Crippen molar-refractivity contribution >= 4 is 33.2 Å². The van der Waals surface area contributed by atoms with Gasteiger partial charge < -0.3 is 15.8 Å². The van der Waals surface area contributed by atoms with Crippen molar-refractivity contribution in [1.82, 2.24) is 10.2 Å². The second-order valence-electron chi connectivity index (χ2n) is 3.84. The molecule has 2 aromatic rings. The number of aromatic nitrogens is 2. The van der Waals surface area contributed by atoms with Crippen molar-refractivity contribution in [2.45, 2.75) is 6.36 Å². The number of halogens is 4. The SMILES string of the molecule is Nc1cn[nH]c1C(=O)Nc1ccc(Br)cc1OC(F)(F)F. The fourth-order valence-electron chi connectivity index (χ4n) is 1.47. The van der Waals surface area contributed by atoms with Gasteiger partial charge in [-0.2, -0.15) is 5.10 Å². The number of nitrogens with two attached hydrogens (primary N) is 1. The van der Waals surface area contributed by atoms with Crippen LogP contribution in [0.1, 0.15) is 10.5 Å². The van der Waals surface area contributed by atoms with Crippen LogP contribution in [-0.2, 0) is 0 Å². The molecule has 0 atom stereocenters. The van der Waals surface area contributed by atoms with Gasteiger partial charge in [0.25, 0.3) is 5.91 Å². The van der Waals surface area contributed by atoms with Crippen molar-refractivity contribution in [3.8, 4) is 5.75 Å². The maximum absolute atomic E-state index is 12.3. The molecule has 0 fully saturated rings. The maximum Gasteiger partial charge on any atom is 0.573 e. The lowest BCUT2D eigenvalue weighted by atomic mass is 10.2. The highest BCUT2D eigenvalue weighted by molar-refractivity contribution is 9.10. The van der Waals surface area contributed by atoms with Crippen LogP contribution in [0, 0.1) is 0 Å². The van der Waals surface area contributed by atoms with E-state index in [0.29, 0.717) is 4.47 Å². The molecule has 0 radical (unpaired) electrons. The Labute approximate surface area is 124 Å². The number of alkyl halides is 3. The number of anilines is 2. The molecule has 0 saturated heterocycles. The highest BCUT2D eigenvalue weighted by Gasteiger charge is 2.32. The number of nitrogens with zero attached hydrogens (tertiary/aromatic N) is 1. The van der Waals surface area contributed by atoms with Crippen molar-refractivity contribution in [2.75, 3.05) is 11.1 Å². The van der Waals surface area contributed by atoms with E-state index in [4.69, 9.17) is 5.73 Å². The van der Waals surface area contributed by atoms with Gasteiger partial charge in [0, 0.05) is 4.47 Å². The highest BCUT2D eigenvalue weighted by atomic mass is 79.9. The number of nitrogens with one attached hydrogen (secondary N) is 2. The van der Waals surface area contributed by atoms with Crippen LogP contribution in [0.5, 0.6) is 5.75 Å². The average Bonchev–Trinajstić information content (AvgIpc) is 2.77. The van der Waals surface area contributed by atoms with E-state index >= 15 is 0 Å². The Hall–Kier alpha value is -2.23. The van der Waals surface area contributed by atoms with Crippen LogP contribution < -0.4 is 15.8 Å². The van der Waals surface area contributed by atoms with Crippen LogP contribution in [0.3, 0.4) is 0 Å².